The van der Waals surface area contributed by atoms with Gasteiger partial charge >= 0.3 is 0 Å². The van der Waals surface area contributed by atoms with Crippen molar-refractivity contribution in [1.29, 1.82) is 0 Å². The Kier molecular flexibility index (Phi) is 6.13. The third-order valence-corrected chi connectivity index (χ3v) is 6.27. The van der Waals surface area contributed by atoms with Gasteiger partial charge in [0.1, 0.15) is 0 Å². The average Bonchev–Trinajstić information content (AvgIpc) is 3.08. The molecule has 0 fully saturated rings. The Labute approximate surface area is 171 Å². The Hall–Kier alpha value is -2.68. The molecule has 1 heterocycles. The van der Waals surface area contributed by atoms with Crippen LogP contribution in [0.3, 0.4) is 0 Å². The minimum atomic E-state index is -3.90. The second-order valence-corrected chi connectivity index (χ2v) is 9.17. The fourth-order valence-electron chi connectivity index (χ4n) is 2.29. The topological polar surface area (TPSA) is 87.6 Å². The van der Waals surface area contributed by atoms with Crippen LogP contribution >= 0.6 is 22.9 Å². The number of hydrogen-bond donors (Lipinski definition) is 2. The van der Waals surface area contributed by atoms with Crippen molar-refractivity contribution in [2.24, 2.45) is 5.10 Å². The van der Waals surface area contributed by atoms with E-state index in [0.29, 0.717) is 0 Å². The Balaban J connectivity index is 1.74. The first kappa shape index (κ1) is 20.1. The molecule has 0 aliphatic rings. The number of halogens is 1. The molecule has 2 aromatic carbocycles. The Bertz CT molecular complexity index is 1140. The van der Waals surface area contributed by atoms with Gasteiger partial charge in [-0.3, -0.25) is 9.52 Å². The van der Waals surface area contributed by atoms with Gasteiger partial charge in [-0.15, -0.1) is 11.3 Å². The van der Waals surface area contributed by atoms with Crippen molar-refractivity contribution < 1.29 is 13.2 Å². The molecule has 0 spiro atoms. The third-order valence-electron chi connectivity index (χ3n) is 3.64. The van der Waals surface area contributed by atoms with Gasteiger partial charge in [-0.25, -0.2) is 13.8 Å². The molecule has 1 amide bonds. The number of hydrogen-bond acceptors (Lipinski definition) is 5. The van der Waals surface area contributed by atoms with Gasteiger partial charge in [0.15, 0.2) is 0 Å². The van der Waals surface area contributed by atoms with Gasteiger partial charge in [0.05, 0.1) is 21.8 Å². The summed E-state index contributed by atoms with van der Waals surface area (Å²) in [6.45, 7) is 1.98. The summed E-state index contributed by atoms with van der Waals surface area (Å²) in [4.78, 5) is 14.3. The zero-order valence-corrected chi connectivity index (χ0v) is 17.1. The molecular formula is C19H16ClN3O3S2. The standard InChI is InChI=1S/C19H16ClN3O3S2/c1-13-9-10-15(27-13)12-21-22-19(24)14-5-4-6-16(11-14)28(25,26)23-18-8-3-2-7-17(18)20/h2-12,23H,1H3,(H,22,24). The summed E-state index contributed by atoms with van der Waals surface area (Å²) in [5, 5.41) is 4.18. The lowest BCUT2D eigenvalue weighted by Gasteiger charge is -2.10. The van der Waals surface area contributed by atoms with Crippen LogP contribution in [0.15, 0.2) is 70.7 Å². The van der Waals surface area contributed by atoms with Gasteiger partial charge in [0.2, 0.25) is 0 Å². The number of aryl methyl sites for hydroxylation is 1. The molecule has 0 saturated carbocycles. The van der Waals surface area contributed by atoms with Crippen LogP contribution in [0, 0.1) is 6.92 Å². The summed E-state index contributed by atoms with van der Waals surface area (Å²) in [5.74, 6) is -0.515. The predicted molar refractivity (Wildman–Crippen MR) is 113 cm³/mol. The van der Waals surface area contributed by atoms with E-state index in [9.17, 15) is 13.2 Å². The minimum Gasteiger partial charge on any atom is -0.278 e. The largest absolute Gasteiger partial charge is 0.278 e. The van der Waals surface area contributed by atoms with Crippen LogP contribution in [0.1, 0.15) is 20.1 Å². The molecule has 0 aliphatic carbocycles. The number of carbonyl (C=O) groups excluding carboxylic acids is 1. The van der Waals surface area contributed by atoms with Gasteiger partial charge < -0.3 is 0 Å². The number of sulfonamides is 1. The van der Waals surface area contributed by atoms with E-state index in [4.69, 9.17) is 11.6 Å². The van der Waals surface area contributed by atoms with E-state index in [1.165, 1.54) is 30.5 Å². The lowest BCUT2D eigenvalue weighted by atomic mass is 10.2. The molecule has 6 nitrogen and oxygen atoms in total. The Morgan fingerprint density at radius 3 is 2.61 bits per heavy atom. The zero-order valence-electron chi connectivity index (χ0n) is 14.7. The molecule has 0 saturated heterocycles. The summed E-state index contributed by atoms with van der Waals surface area (Å²) in [6.07, 6.45) is 1.54. The van der Waals surface area contributed by atoms with E-state index in [-0.39, 0.29) is 21.2 Å². The lowest BCUT2D eigenvalue weighted by molar-refractivity contribution is 0.0955. The maximum absolute atomic E-state index is 12.6. The summed E-state index contributed by atoms with van der Waals surface area (Å²) < 4.78 is 27.6. The monoisotopic (exact) mass is 433 g/mol. The smallest absolute Gasteiger partial charge is 0.271 e. The number of nitrogens with zero attached hydrogens (tertiary/aromatic N) is 1. The van der Waals surface area contributed by atoms with Crippen LogP contribution < -0.4 is 10.1 Å². The summed E-state index contributed by atoms with van der Waals surface area (Å²) in [6, 6.07) is 16.0. The number of thiophene rings is 1. The van der Waals surface area contributed by atoms with Crippen LogP contribution in [0.25, 0.3) is 0 Å². The first-order valence-corrected chi connectivity index (χ1v) is 10.8. The van der Waals surface area contributed by atoms with Gasteiger partial charge in [-0.1, -0.05) is 29.8 Å². The number of carbonyl (C=O) groups is 1. The van der Waals surface area contributed by atoms with Crippen LogP contribution in [0.2, 0.25) is 5.02 Å². The van der Waals surface area contributed by atoms with Gasteiger partial charge in [-0.2, -0.15) is 5.10 Å². The number of amides is 1. The van der Waals surface area contributed by atoms with E-state index in [1.54, 1.807) is 35.6 Å². The molecular weight excluding hydrogens is 418 g/mol. The van der Waals surface area contributed by atoms with E-state index in [2.05, 4.69) is 15.2 Å². The quantitative estimate of drug-likeness (QED) is 0.449. The fourth-order valence-corrected chi connectivity index (χ4v) is 4.41. The maximum atomic E-state index is 12.6. The second kappa shape index (κ2) is 8.55. The molecule has 0 atom stereocenters. The van der Waals surface area contributed by atoms with E-state index >= 15 is 0 Å². The van der Waals surface area contributed by atoms with Crippen molar-refractivity contribution in [3.05, 3.63) is 81.0 Å². The summed E-state index contributed by atoms with van der Waals surface area (Å²) in [5.41, 5.74) is 2.82. The SMILES string of the molecule is Cc1ccc(C=NNC(=O)c2cccc(S(=O)(=O)Nc3ccccc3Cl)c2)s1. The maximum Gasteiger partial charge on any atom is 0.271 e. The van der Waals surface area contributed by atoms with E-state index < -0.39 is 15.9 Å². The summed E-state index contributed by atoms with van der Waals surface area (Å²) >= 11 is 7.55. The third kappa shape index (κ3) is 4.98. The molecule has 1 aromatic heterocycles. The number of rotatable bonds is 6. The molecule has 9 heteroatoms. The molecule has 28 heavy (non-hydrogen) atoms. The number of hydrazone groups is 1. The van der Waals surface area contributed by atoms with Crippen molar-refractivity contribution in [1.82, 2.24) is 5.43 Å². The molecule has 3 rings (SSSR count). The highest BCUT2D eigenvalue weighted by Gasteiger charge is 2.17. The van der Waals surface area contributed by atoms with E-state index in [1.807, 2.05) is 19.1 Å². The first-order chi connectivity index (χ1) is 13.3. The van der Waals surface area contributed by atoms with Crippen molar-refractivity contribution >= 4 is 50.8 Å². The molecule has 0 bridgehead atoms. The second-order valence-electron chi connectivity index (χ2n) is 5.76. The Morgan fingerprint density at radius 1 is 1.11 bits per heavy atom. The van der Waals surface area contributed by atoms with Crippen LogP contribution in [0.5, 0.6) is 0 Å². The lowest BCUT2D eigenvalue weighted by Crippen LogP contribution is -2.19. The van der Waals surface area contributed by atoms with E-state index in [0.717, 1.165) is 9.75 Å². The molecule has 2 N–H and O–H groups in total. The first-order valence-electron chi connectivity index (χ1n) is 8.12. The van der Waals surface area contributed by atoms with Gasteiger partial charge in [0.25, 0.3) is 15.9 Å². The predicted octanol–water partition coefficient (Wildman–Crippen LogP) is 4.27. The normalized spacial score (nSPS) is 11.5. The molecule has 3 aromatic rings. The zero-order chi connectivity index (χ0) is 20.1. The number of anilines is 1. The van der Waals surface area contributed by atoms with Crippen molar-refractivity contribution in [2.45, 2.75) is 11.8 Å². The molecule has 0 unspecified atom stereocenters. The highest BCUT2D eigenvalue weighted by atomic mass is 35.5. The van der Waals surface area contributed by atoms with Crippen molar-refractivity contribution in [2.75, 3.05) is 4.72 Å². The highest BCUT2D eigenvalue weighted by molar-refractivity contribution is 7.92. The molecule has 0 radical (unpaired) electrons. The Morgan fingerprint density at radius 2 is 1.89 bits per heavy atom. The molecule has 0 aliphatic heterocycles. The number of para-hydroxylation sites is 1. The van der Waals surface area contributed by atoms with Gasteiger partial charge in [-0.05, 0) is 49.4 Å². The number of nitrogens with one attached hydrogen (secondary N) is 2. The highest BCUT2D eigenvalue weighted by Crippen LogP contribution is 2.24. The van der Waals surface area contributed by atoms with Crippen LogP contribution in [-0.2, 0) is 10.0 Å². The average molecular weight is 434 g/mol. The van der Waals surface area contributed by atoms with Crippen molar-refractivity contribution in [3.8, 4) is 0 Å². The van der Waals surface area contributed by atoms with Gasteiger partial charge in [0, 0.05) is 15.3 Å². The number of benzene rings is 2. The molecule has 144 valence electrons. The summed E-state index contributed by atoms with van der Waals surface area (Å²) in [7, 11) is -3.90. The minimum absolute atomic E-state index is 0.0575. The fraction of sp³-hybridized carbons (Fsp3) is 0.0526. The van der Waals surface area contributed by atoms with Crippen LogP contribution in [-0.4, -0.2) is 20.5 Å². The van der Waals surface area contributed by atoms with Crippen molar-refractivity contribution in [3.63, 3.8) is 0 Å². The van der Waals surface area contributed by atoms with Crippen LogP contribution in [0.4, 0.5) is 5.69 Å².